The van der Waals surface area contributed by atoms with Crippen molar-refractivity contribution in [2.24, 2.45) is 0 Å². The van der Waals surface area contributed by atoms with Crippen molar-refractivity contribution in [3.8, 4) is 0 Å². The Hall–Kier alpha value is -0.0105. The van der Waals surface area contributed by atoms with Gasteiger partial charge in [-0.1, -0.05) is 0 Å². The first-order chi connectivity index (χ1) is 7.31. The number of ether oxygens (including phenoxy) is 1. The van der Waals surface area contributed by atoms with Gasteiger partial charge in [-0.05, 0) is 0 Å². The Kier molecular flexibility index (Phi) is 12.1. The summed E-state index contributed by atoms with van der Waals surface area (Å²) in [5, 5.41) is 2.83. The van der Waals surface area contributed by atoms with E-state index < -0.39 is 0 Å². The molecule has 0 saturated heterocycles. The van der Waals surface area contributed by atoms with Gasteiger partial charge in [0.1, 0.15) is 0 Å². The Morgan fingerprint density at radius 1 is 1.07 bits per heavy atom. The van der Waals surface area contributed by atoms with Gasteiger partial charge < -0.3 is 0 Å². The second kappa shape index (κ2) is 12.1. The van der Waals surface area contributed by atoms with E-state index in [0.29, 0.717) is 6.42 Å². The molecule has 15 heavy (non-hydrogen) atoms. The summed E-state index contributed by atoms with van der Waals surface area (Å²) in [5.74, 6) is -0.0688. The van der Waals surface area contributed by atoms with Crippen LogP contribution in [0.4, 0.5) is 0 Å². The van der Waals surface area contributed by atoms with Gasteiger partial charge in [0, 0.05) is 0 Å². The first kappa shape index (κ1) is 15.0. The Bertz CT molecular complexity index is 149. The van der Waals surface area contributed by atoms with Crippen molar-refractivity contribution < 1.29 is 9.53 Å². The molecule has 0 fully saturated rings. The van der Waals surface area contributed by atoms with Crippen molar-refractivity contribution in [2.45, 2.75) is 62.5 Å². The third-order valence-corrected chi connectivity index (χ3v) is 4.42. The molecule has 0 aromatic carbocycles. The molecule has 0 N–H and O–H groups in total. The zero-order chi connectivity index (χ0) is 11.4. The average Bonchev–Trinajstić information content (AvgIpc) is 2.26. The van der Waals surface area contributed by atoms with Gasteiger partial charge in [-0.15, -0.1) is 0 Å². The predicted molar refractivity (Wildman–Crippen MR) is 65.4 cm³/mol. The number of carbonyl (C=O) groups is 1. The molecule has 90 valence electrons. The number of hydrogen-bond donors (Lipinski definition) is 0. The quantitative estimate of drug-likeness (QED) is 0.348. The molecule has 0 atom stereocenters. The standard InChI is InChI=1S/C12H24O2Se/c1-3-15-11-9-7-5-4-6-8-10-12(13)14-2/h3-11H2,1-2H3. The molecule has 0 unspecified atom stereocenters. The fourth-order valence-electron chi connectivity index (χ4n) is 1.43. The molecule has 0 radical (unpaired) electrons. The van der Waals surface area contributed by atoms with Crippen molar-refractivity contribution in [3.63, 3.8) is 0 Å². The fraction of sp³-hybridized carbons (Fsp3) is 0.917. The summed E-state index contributed by atoms with van der Waals surface area (Å²) in [6.07, 6.45) is 8.15. The monoisotopic (exact) mass is 280 g/mol. The van der Waals surface area contributed by atoms with Crippen LogP contribution < -0.4 is 0 Å². The summed E-state index contributed by atoms with van der Waals surface area (Å²) in [7, 11) is 1.46. The number of esters is 1. The first-order valence-corrected chi connectivity index (χ1v) is 8.38. The van der Waals surface area contributed by atoms with Gasteiger partial charge in [0.15, 0.2) is 0 Å². The second-order valence-electron chi connectivity index (χ2n) is 3.64. The van der Waals surface area contributed by atoms with Crippen LogP contribution in [-0.4, -0.2) is 28.0 Å². The Balaban J connectivity index is 2.95. The topological polar surface area (TPSA) is 26.3 Å². The first-order valence-electron chi connectivity index (χ1n) is 5.95. The van der Waals surface area contributed by atoms with Crippen molar-refractivity contribution >= 4 is 20.9 Å². The minimum atomic E-state index is -0.0688. The van der Waals surface area contributed by atoms with Gasteiger partial charge in [-0.3, -0.25) is 0 Å². The number of unbranched alkanes of at least 4 members (excludes halogenated alkanes) is 5. The molecular formula is C12H24O2Se. The van der Waals surface area contributed by atoms with Gasteiger partial charge in [-0.25, -0.2) is 0 Å². The van der Waals surface area contributed by atoms with Crippen LogP contribution >= 0.6 is 0 Å². The predicted octanol–water partition coefficient (Wildman–Crippen LogP) is 3.45. The molecule has 0 aromatic rings. The Morgan fingerprint density at radius 3 is 2.27 bits per heavy atom. The van der Waals surface area contributed by atoms with E-state index in [1.54, 1.807) is 0 Å². The zero-order valence-corrected chi connectivity index (χ0v) is 11.8. The maximum atomic E-state index is 10.8. The molecule has 0 saturated carbocycles. The van der Waals surface area contributed by atoms with E-state index in [-0.39, 0.29) is 5.97 Å². The molecule has 0 heterocycles. The molecule has 0 rings (SSSR count). The van der Waals surface area contributed by atoms with E-state index in [1.165, 1.54) is 49.9 Å². The van der Waals surface area contributed by atoms with Crippen LogP contribution in [0.3, 0.4) is 0 Å². The molecule has 0 aliphatic heterocycles. The number of methoxy groups -OCH3 is 1. The Morgan fingerprint density at radius 2 is 1.67 bits per heavy atom. The molecule has 2 nitrogen and oxygen atoms in total. The molecule has 0 aliphatic rings. The van der Waals surface area contributed by atoms with Gasteiger partial charge in [-0.2, -0.15) is 0 Å². The molecule has 0 aromatic heterocycles. The van der Waals surface area contributed by atoms with E-state index in [1.807, 2.05) is 0 Å². The van der Waals surface area contributed by atoms with Crippen LogP contribution in [0.25, 0.3) is 0 Å². The number of carbonyl (C=O) groups excluding carboxylic acids is 1. The fourth-order valence-corrected chi connectivity index (χ4v) is 2.89. The summed E-state index contributed by atoms with van der Waals surface area (Å²) < 4.78 is 4.59. The summed E-state index contributed by atoms with van der Waals surface area (Å²) in [6, 6.07) is 0. The summed E-state index contributed by atoms with van der Waals surface area (Å²) in [4.78, 5) is 10.8. The van der Waals surface area contributed by atoms with Gasteiger partial charge >= 0.3 is 100 Å². The van der Waals surface area contributed by atoms with Crippen LogP contribution in [0.15, 0.2) is 0 Å². The van der Waals surface area contributed by atoms with Gasteiger partial charge in [0.05, 0.1) is 0 Å². The number of rotatable bonds is 10. The summed E-state index contributed by atoms with van der Waals surface area (Å²) >= 11 is 0.894. The van der Waals surface area contributed by atoms with Crippen LogP contribution in [0, 0.1) is 0 Å². The molecule has 0 bridgehead atoms. The van der Waals surface area contributed by atoms with Crippen LogP contribution in [0.2, 0.25) is 10.6 Å². The van der Waals surface area contributed by atoms with Crippen LogP contribution in [0.1, 0.15) is 51.9 Å². The third kappa shape index (κ3) is 11.9. The van der Waals surface area contributed by atoms with E-state index in [9.17, 15) is 4.79 Å². The van der Waals surface area contributed by atoms with E-state index >= 15 is 0 Å². The molecule has 0 amide bonds. The van der Waals surface area contributed by atoms with Crippen molar-refractivity contribution in [2.75, 3.05) is 7.11 Å². The van der Waals surface area contributed by atoms with E-state index in [0.717, 1.165) is 21.4 Å². The average molecular weight is 279 g/mol. The van der Waals surface area contributed by atoms with Crippen molar-refractivity contribution in [3.05, 3.63) is 0 Å². The van der Waals surface area contributed by atoms with Crippen LogP contribution in [-0.2, 0) is 9.53 Å². The third-order valence-electron chi connectivity index (χ3n) is 2.35. The SMILES string of the molecule is CC[Se]CCCCCCCCC(=O)OC. The molecule has 0 aliphatic carbocycles. The number of hydrogen-bond acceptors (Lipinski definition) is 2. The normalized spacial score (nSPS) is 10.3. The van der Waals surface area contributed by atoms with E-state index in [2.05, 4.69) is 11.7 Å². The minimum absolute atomic E-state index is 0.0688. The molecule has 3 heteroatoms. The van der Waals surface area contributed by atoms with E-state index in [4.69, 9.17) is 0 Å². The van der Waals surface area contributed by atoms with Crippen molar-refractivity contribution in [1.82, 2.24) is 0 Å². The van der Waals surface area contributed by atoms with Crippen molar-refractivity contribution in [1.29, 1.82) is 0 Å². The summed E-state index contributed by atoms with van der Waals surface area (Å²) in [6.45, 7) is 2.27. The maximum absolute atomic E-state index is 10.8. The van der Waals surface area contributed by atoms with Crippen LogP contribution in [0.5, 0.6) is 0 Å². The Labute approximate surface area is 100 Å². The summed E-state index contributed by atoms with van der Waals surface area (Å²) in [5.41, 5.74) is 0. The molecular weight excluding hydrogens is 255 g/mol. The van der Waals surface area contributed by atoms with Gasteiger partial charge in [0.2, 0.25) is 0 Å². The molecule has 0 spiro atoms. The van der Waals surface area contributed by atoms with Gasteiger partial charge in [0.25, 0.3) is 0 Å². The zero-order valence-electron chi connectivity index (χ0n) is 10.1. The second-order valence-corrected chi connectivity index (χ2v) is 6.57.